The summed E-state index contributed by atoms with van der Waals surface area (Å²) < 4.78 is 28.6. The van der Waals surface area contributed by atoms with Gasteiger partial charge in [-0.1, -0.05) is 37.8 Å². The van der Waals surface area contributed by atoms with Crippen LogP contribution in [0.3, 0.4) is 0 Å². The van der Waals surface area contributed by atoms with E-state index in [2.05, 4.69) is 0 Å². The average Bonchev–Trinajstić information content (AvgIpc) is 3.20. The lowest BCUT2D eigenvalue weighted by Gasteiger charge is -2.33. The van der Waals surface area contributed by atoms with Crippen molar-refractivity contribution in [3.8, 4) is 0 Å². The molecule has 0 heterocycles. The Balaban J connectivity index is 2.11. The fourth-order valence-electron chi connectivity index (χ4n) is 4.23. The molecule has 0 bridgehead atoms. The third kappa shape index (κ3) is 3.07. The molecule has 6 nitrogen and oxygen atoms in total. The Labute approximate surface area is 143 Å². The lowest BCUT2D eigenvalue weighted by Crippen LogP contribution is -2.45. The fraction of sp³-hybridized carbons (Fsp3) is 0.647. The summed E-state index contributed by atoms with van der Waals surface area (Å²) in [5.41, 5.74) is 0.140. The molecule has 1 aromatic rings. The summed E-state index contributed by atoms with van der Waals surface area (Å²) in [6.45, 7) is 1.64. The number of sulfonamides is 1. The topological polar surface area (TPSA) is 80.5 Å². The summed E-state index contributed by atoms with van der Waals surface area (Å²) in [4.78, 5) is 10.7. The molecular weight excluding hydrogens is 328 g/mol. The van der Waals surface area contributed by atoms with Gasteiger partial charge in [0.15, 0.2) is 4.90 Å². The van der Waals surface area contributed by atoms with Gasteiger partial charge in [0.1, 0.15) is 0 Å². The molecule has 2 fully saturated rings. The number of hydrogen-bond acceptors (Lipinski definition) is 4. The van der Waals surface area contributed by atoms with Crippen molar-refractivity contribution in [2.75, 3.05) is 0 Å². The van der Waals surface area contributed by atoms with Gasteiger partial charge in [0, 0.05) is 18.2 Å². The molecule has 0 amide bonds. The monoisotopic (exact) mass is 352 g/mol. The first-order chi connectivity index (χ1) is 11.4. The number of nitro groups is 1. The molecule has 2 aliphatic rings. The normalized spacial score (nSPS) is 20.1. The second-order valence-electron chi connectivity index (χ2n) is 6.89. The molecule has 2 aliphatic carbocycles. The minimum atomic E-state index is -3.88. The lowest BCUT2D eigenvalue weighted by molar-refractivity contribution is -0.388. The Kier molecular flexibility index (Phi) is 4.92. The zero-order valence-electron chi connectivity index (χ0n) is 14.0. The van der Waals surface area contributed by atoms with Crippen LogP contribution in [0.5, 0.6) is 0 Å². The number of hydrogen-bond donors (Lipinski definition) is 0. The van der Waals surface area contributed by atoms with Crippen LogP contribution in [0.2, 0.25) is 0 Å². The van der Waals surface area contributed by atoms with Crippen molar-refractivity contribution >= 4 is 15.7 Å². The minimum Gasteiger partial charge on any atom is -0.258 e. The predicted molar refractivity (Wildman–Crippen MR) is 91.4 cm³/mol. The molecule has 0 aromatic heterocycles. The first kappa shape index (κ1) is 17.4. The highest BCUT2D eigenvalue weighted by Gasteiger charge is 2.42. The number of nitrogens with zero attached hydrogens (tertiary/aromatic N) is 2. The van der Waals surface area contributed by atoms with E-state index in [9.17, 15) is 18.5 Å². The van der Waals surface area contributed by atoms with E-state index in [1.54, 1.807) is 23.4 Å². The van der Waals surface area contributed by atoms with Crippen LogP contribution in [0.15, 0.2) is 23.1 Å². The van der Waals surface area contributed by atoms with Gasteiger partial charge in [-0.2, -0.15) is 4.31 Å². The molecule has 0 unspecified atom stereocenters. The number of nitro benzene ring substituents is 1. The number of rotatable bonds is 5. The summed E-state index contributed by atoms with van der Waals surface area (Å²) in [6, 6.07) is 4.44. The van der Waals surface area contributed by atoms with Crippen molar-refractivity contribution < 1.29 is 13.3 Å². The molecule has 132 valence electrons. The van der Waals surface area contributed by atoms with Crippen LogP contribution in [0.1, 0.15) is 56.9 Å². The molecule has 7 heteroatoms. The van der Waals surface area contributed by atoms with Crippen LogP contribution in [0.25, 0.3) is 0 Å². The Bertz CT molecular complexity index is 704. The Hall–Kier alpha value is -1.47. The lowest BCUT2D eigenvalue weighted by atomic mass is 10.2. The van der Waals surface area contributed by atoms with Gasteiger partial charge < -0.3 is 0 Å². The highest BCUT2D eigenvalue weighted by molar-refractivity contribution is 7.89. The molecule has 0 aliphatic heterocycles. The number of aryl methyl sites for hydroxylation is 1. The zero-order valence-corrected chi connectivity index (χ0v) is 14.8. The van der Waals surface area contributed by atoms with Crippen LogP contribution >= 0.6 is 0 Å². The first-order valence-electron chi connectivity index (χ1n) is 8.70. The van der Waals surface area contributed by atoms with Gasteiger partial charge in [0.25, 0.3) is 15.7 Å². The Morgan fingerprint density at radius 2 is 1.54 bits per heavy atom. The van der Waals surface area contributed by atoms with Crippen LogP contribution in [-0.2, 0) is 10.0 Å². The van der Waals surface area contributed by atoms with E-state index in [4.69, 9.17) is 0 Å². The summed E-state index contributed by atoms with van der Waals surface area (Å²) in [7, 11) is -3.88. The highest BCUT2D eigenvalue weighted by atomic mass is 32.2. The second kappa shape index (κ2) is 6.80. The molecule has 2 saturated carbocycles. The van der Waals surface area contributed by atoms with Gasteiger partial charge in [-0.15, -0.1) is 0 Å². The standard InChI is InChI=1S/C17H24N2O4S/c1-13-7-6-12-16(19(20)21)17(13)24(22,23)18(14-8-2-3-9-14)15-10-4-5-11-15/h6-7,12,14-15H,2-5,8-11H2,1H3. The molecule has 0 spiro atoms. The fourth-order valence-corrected chi connectivity index (χ4v) is 6.53. The van der Waals surface area contributed by atoms with Crippen LogP contribution < -0.4 is 0 Å². The summed E-state index contributed by atoms with van der Waals surface area (Å²) >= 11 is 0. The van der Waals surface area contributed by atoms with Crippen molar-refractivity contribution in [3.63, 3.8) is 0 Å². The van der Waals surface area contributed by atoms with Gasteiger partial charge in [-0.05, 0) is 38.2 Å². The Morgan fingerprint density at radius 3 is 2.00 bits per heavy atom. The van der Waals surface area contributed by atoms with E-state index >= 15 is 0 Å². The van der Waals surface area contributed by atoms with Crippen molar-refractivity contribution in [3.05, 3.63) is 33.9 Å². The highest BCUT2D eigenvalue weighted by Crippen LogP contribution is 2.39. The van der Waals surface area contributed by atoms with Crippen LogP contribution in [0, 0.1) is 17.0 Å². The first-order valence-corrected chi connectivity index (χ1v) is 10.1. The van der Waals surface area contributed by atoms with Crippen molar-refractivity contribution in [1.29, 1.82) is 0 Å². The van der Waals surface area contributed by atoms with Gasteiger partial charge in [-0.25, -0.2) is 8.42 Å². The molecule has 0 radical (unpaired) electrons. The van der Waals surface area contributed by atoms with E-state index in [0.717, 1.165) is 51.4 Å². The minimum absolute atomic E-state index is 0.0164. The third-order valence-corrected chi connectivity index (χ3v) is 7.49. The van der Waals surface area contributed by atoms with E-state index in [1.165, 1.54) is 6.07 Å². The van der Waals surface area contributed by atoms with E-state index in [0.29, 0.717) is 5.56 Å². The number of benzene rings is 1. The SMILES string of the molecule is Cc1cccc([N+](=O)[O-])c1S(=O)(=O)N(C1CCCC1)C1CCCC1. The summed E-state index contributed by atoms with van der Waals surface area (Å²) in [5, 5.41) is 11.4. The molecular formula is C17H24N2O4S. The van der Waals surface area contributed by atoms with Crippen LogP contribution in [0.4, 0.5) is 5.69 Å². The molecule has 0 atom stereocenters. The summed E-state index contributed by atoms with van der Waals surface area (Å²) in [5.74, 6) is 0. The third-order valence-electron chi connectivity index (χ3n) is 5.29. The Morgan fingerprint density at radius 1 is 1.04 bits per heavy atom. The molecule has 3 rings (SSSR count). The average molecular weight is 352 g/mol. The maximum Gasteiger partial charge on any atom is 0.289 e. The van der Waals surface area contributed by atoms with E-state index in [-0.39, 0.29) is 22.7 Å². The van der Waals surface area contributed by atoms with E-state index in [1.807, 2.05) is 0 Å². The van der Waals surface area contributed by atoms with Crippen molar-refractivity contribution in [1.82, 2.24) is 4.31 Å². The van der Waals surface area contributed by atoms with Crippen molar-refractivity contribution in [2.45, 2.75) is 75.3 Å². The smallest absolute Gasteiger partial charge is 0.258 e. The zero-order chi connectivity index (χ0) is 17.3. The quantitative estimate of drug-likeness (QED) is 0.596. The second-order valence-corrected chi connectivity index (χ2v) is 8.67. The maximum atomic E-state index is 13.5. The molecule has 1 aromatic carbocycles. The molecule has 24 heavy (non-hydrogen) atoms. The predicted octanol–water partition coefficient (Wildman–Crippen LogP) is 3.78. The van der Waals surface area contributed by atoms with Gasteiger partial charge in [-0.3, -0.25) is 10.1 Å². The van der Waals surface area contributed by atoms with Crippen molar-refractivity contribution in [2.24, 2.45) is 0 Å². The maximum absolute atomic E-state index is 13.5. The van der Waals surface area contributed by atoms with Gasteiger partial charge in [0.05, 0.1) is 4.92 Å². The van der Waals surface area contributed by atoms with Gasteiger partial charge >= 0.3 is 0 Å². The molecule has 0 saturated heterocycles. The van der Waals surface area contributed by atoms with Gasteiger partial charge in [0.2, 0.25) is 0 Å². The summed E-state index contributed by atoms with van der Waals surface area (Å²) in [6.07, 6.45) is 7.53. The largest absolute Gasteiger partial charge is 0.289 e. The molecule has 0 N–H and O–H groups in total. The van der Waals surface area contributed by atoms with E-state index < -0.39 is 14.9 Å². The van der Waals surface area contributed by atoms with Crippen LogP contribution in [-0.4, -0.2) is 29.7 Å².